The van der Waals surface area contributed by atoms with E-state index in [-0.39, 0.29) is 6.10 Å². The highest BCUT2D eigenvalue weighted by Gasteiger charge is 2.43. The second-order valence-corrected chi connectivity index (χ2v) is 5.34. The van der Waals surface area contributed by atoms with Crippen LogP contribution in [0.1, 0.15) is 46.0 Å². The van der Waals surface area contributed by atoms with E-state index in [0.29, 0.717) is 11.8 Å². The molecule has 3 atom stereocenters. The zero-order chi connectivity index (χ0) is 9.42. The van der Waals surface area contributed by atoms with Gasteiger partial charge in [0.25, 0.3) is 0 Å². The first-order valence-corrected chi connectivity index (χ1v) is 5.88. The van der Waals surface area contributed by atoms with E-state index in [4.69, 9.17) is 0 Å². The van der Waals surface area contributed by atoms with Gasteiger partial charge in [0.15, 0.2) is 0 Å². The normalized spacial score (nSPS) is 41.1. The van der Waals surface area contributed by atoms with Crippen molar-refractivity contribution in [3.63, 3.8) is 0 Å². The lowest BCUT2D eigenvalue weighted by molar-refractivity contribution is 0.00889. The summed E-state index contributed by atoms with van der Waals surface area (Å²) in [6, 6.07) is 0. The summed E-state index contributed by atoms with van der Waals surface area (Å²) in [6.07, 6.45) is 6.92. The van der Waals surface area contributed by atoms with Crippen LogP contribution in [0.5, 0.6) is 0 Å². The molecule has 2 bridgehead atoms. The number of fused-ring (bicyclic) bond motifs is 2. The van der Waals surface area contributed by atoms with Crippen molar-refractivity contribution in [2.24, 2.45) is 23.7 Å². The summed E-state index contributed by atoms with van der Waals surface area (Å²) in [5.41, 5.74) is 0. The summed E-state index contributed by atoms with van der Waals surface area (Å²) in [4.78, 5) is 0. The Balaban J connectivity index is 2.06. The largest absolute Gasteiger partial charge is 0.393 e. The van der Waals surface area contributed by atoms with Crippen LogP contribution in [0.15, 0.2) is 0 Å². The minimum atomic E-state index is -0.0298. The van der Waals surface area contributed by atoms with E-state index < -0.39 is 0 Å². The fourth-order valence-corrected chi connectivity index (χ4v) is 3.52. The van der Waals surface area contributed by atoms with Crippen LogP contribution in [0.4, 0.5) is 0 Å². The molecule has 2 aliphatic rings. The Labute approximate surface area is 81.5 Å². The lowest BCUT2D eigenvalue weighted by Crippen LogP contribution is -2.35. The zero-order valence-electron chi connectivity index (χ0n) is 8.87. The Hall–Kier alpha value is -0.0400. The van der Waals surface area contributed by atoms with Crippen molar-refractivity contribution in [2.45, 2.75) is 52.1 Å². The molecule has 0 aromatic heterocycles. The second kappa shape index (κ2) is 3.61. The first-order valence-electron chi connectivity index (χ1n) is 5.88. The quantitative estimate of drug-likeness (QED) is 0.696. The third-order valence-corrected chi connectivity index (χ3v) is 4.22. The Morgan fingerprint density at radius 1 is 1.00 bits per heavy atom. The SMILES string of the molecule is CC(C)C(O)C1C2CCCC1CC2. The lowest BCUT2D eigenvalue weighted by Gasteiger charge is -2.35. The third-order valence-electron chi connectivity index (χ3n) is 4.22. The van der Waals surface area contributed by atoms with Gasteiger partial charge in [-0.15, -0.1) is 0 Å². The molecule has 0 aliphatic heterocycles. The minimum absolute atomic E-state index is 0.0298. The van der Waals surface area contributed by atoms with Crippen LogP contribution in [-0.2, 0) is 0 Å². The maximum absolute atomic E-state index is 10.1. The average Bonchev–Trinajstić information content (AvgIpc) is 2.34. The van der Waals surface area contributed by atoms with Gasteiger partial charge in [-0.2, -0.15) is 0 Å². The van der Waals surface area contributed by atoms with Crippen LogP contribution < -0.4 is 0 Å². The maximum Gasteiger partial charge on any atom is 0.0596 e. The van der Waals surface area contributed by atoms with Gasteiger partial charge in [0.05, 0.1) is 6.10 Å². The van der Waals surface area contributed by atoms with Crippen LogP contribution in [0, 0.1) is 23.7 Å². The van der Waals surface area contributed by atoms with Gasteiger partial charge >= 0.3 is 0 Å². The number of aliphatic hydroxyl groups is 1. The fourth-order valence-electron chi connectivity index (χ4n) is 3.52. The Kier molecular flexibility index (Phi) is 2.64. The van der Waals surface area contributed by atoms with E-state index in [1.165, 1.54) is 32.1 Å². The van der Waals surface area contributed by atoms with Crippen LogP contribution >= 0.6 is 0 Å². The number of hydrogen-bond acceptors (Lipinski definition) is 1. The van der Waals surface area contributed by atoms with Crippen molar-refractivity contribution in [1.82, 2.24) is 0 Å². The molecule has 1 heteroatoms. The predicted molar refractivity (Wildman–Crippen MR) is 54.4 cm³/mol. The van der Waals surface area contributed by atoms with Crippen LogP contribution in [0.3, 0.4) is 0 Å². The van der Waals surface area contributed by atoms with Crippen molar-refractivity contribution in [3.8, 4) is 0 Å². The van der Waals surface area contributed by atoms with E-state index in [0.717, 1.165) is 11.8 Å². The number of rotatable bonds is 2. The molecular weight excluding hydrogens is 160 g/mol. The summed E-state index contributed by atoms with van der Waals surface area (Å²) in [6.45, 7) is 4.30. The van der Waals surface area contributed by atoms with Gasteiger partial charge in [0, 0.05) is 0 Å². The third kappa shape index (κ3) is 1.63. The molecule has 0 aromatic carbocycles. The highest BCUT2D eigenvalue weighted by atomic mass is 16.3. The van der Waals surface area contributed by atoms with Gasteiger partial charge in [-0.3, -0.25) is 0 Å². The molecule has 0 heterocycles. The van der Waals surface area contributed by atoms with Gasteiger partial charge in [0.1, 0.15) is 0 Å². The molecule has 0 radical (unpaired) electrons. The molecule has 0 spiro atoms. The van der Waals surface area contributed by atoms with Gasteiger partial charge in [-0.1, -0.05) is 33.1 Å². The fraction of sp³-hybridized carbons (Fsp3) is 1.00. The first kappa shape index (κ1) is 9.51. The molecule has 3 unspecified atom stereocenters. The molecule has 13 heavy (non-hydrogen) atoms. The van der Waals surface area contributed by atoms with Crippen molar-refractivity contribution in [1.29, 1.82) is 0 Å². The molecule has 2 aliphatic carbocycles. The van der Waals surface area contributed by atoms with Gasteiger partial charge in [-0.05, 0) is 36.5 Å². The van der Waals surface area contributed by atoms with Crippen molar-refractivity contribution in [2.75, 3.05) is 0 Å². The monoisotopic (exact) mass is 182 g/mol. The van der Waals surface area contributed by atoms with E-state index in [1.807, 2.05) is 0 Å². The predicted octanol–water partition coefficient (Wildman–Crippen LogP) is 2.83. The topological polar surface area (TPSA) is 20.2 Å². The molecule has 2 rings (SSSR count). The minimum Gasteiger partial charge on any atom is -0.393 e. The van der Waals surface area contributed by atoms with Crippen LogP contribution in [-0.4, -0.2) is 11.2 Å². The lowest BCUT2D eigenvalue weighted by atomic mass is 9.73. The summed E-state index contributed by atoms with van der Waals surface area (Å²) in [5.74, 6) is 2.81. The summed E-state index contributed by atoms with van der Waals surface area (Å²) in [5, 5.41) is 10.1. The maximum atomic E-state index is 10.1. The smallest absolute Gasteiger partial charge is 0.0596 e. The molecule has 1 nitrogen and oxygen atoms in total. The van der Waals surface area contributed by atoms with E-state index >= 15 is 0 Å². The molecule has 0 amide bonds. The van der Waals surface area contributed by atoms with Gasteiger partial charge in [-0.25, -0.2) is 0 Å². The standard InChI is InChI=1S/C12H22O/c1-8(2)12(13)11-9-4-3-5-10(11)7-6-9/h8-13H,3-7H2,1-2H3. The van der Waals surface area contributed by atoms with E-state index in [9.17, 15) is 5.11 Å². The van der Waals surface area contributed by atoms with Gasteiger partial charge in [0.2, 0.25) is 0 Å². The highest BCUT2D eigenvalue weighted by molar-refractivity contribution is 4.93. The second-order valence-electron chi connectivity index (χ2n) is 5.34. The van der Waals surface area contributed by atoms with E-state index in [2.05, 4.69) is 13.8 Å². The summed E-state index contributed by atoms with van der Waals surface area (Å²) in [7, 11) is 0. The van der Waals surface area contributed by atoms with Crippen LogP contribution in [0.25, 0.3) is 0 Å². The number of aliphatic hydroxyl groups excluding tert-OH is 1. The Morgan fingerprint density at radius 2 is 1.54 bits per heavy atom. The zero-order valence-corrected chi connectivity index (χ0v) is 8.87. The molecule has 2 fully saturated rings. The van der Waals surface area contributed by atoms with Gasteiger partial charge < -0.3 is 5.11 Å². The van der Waals surface area contributed by atoms with Crippen molar-refractivity contribution < 1.29 is 5.11 Å². The van der Waals surface area contributed by atoms with E-state index in [1.54, 1.807) is 0 Å². The average molecular weight is 182 g/mol. The molecular formula is C12H22O. The Bertz CT molecular complexity index is 160. The summed E-state index contributed by atoms with van der Waals surface area (Å²) < 4.78 is 0. The molecule has 2 saturated carbocycles. The molecule has 0 saturated heterocycles. The molecule has 76 valence electrons. The van der Waals surface area contributed by atoms with Crippen LogP contribution in [0.2, 0.25) is 0 Å². The Morgan fingerprint density at radius 3 is 2.00 bits per heavy atom. The molecule has 1 N–H and O–H groups in total. The highest BCUT2D eigenvalue weighted by Crippen LogP contribution is 2.49. The molecule has 0 aromatic rings. The van der Waals surface area contributed by atoms with Crippen molar-refractivity contribution >= 4 is 0 Å². The first-order chi connectivity index (χ1) is 6.20. The van der Waals surface area contributed by atoms with Crippen molar-refractivity contribution in [3.05, 3.63) is 0 Å². The summed E-state index contributed by atoms with van der Waals surface area (Å²) >= 11 is 0. The number of hydrogen-bond donors (Lipinski definition) is 1.